The Hall–Kier alpha value is -3.78. The van der Waals surface area contributed by atoms with Gasteiger partial charge in [-0.15, -0.1) is 0 Å². The maximum absolute atomic E-state index is 6.47. The Bertz CT molecular complexity index is 1430. The molecule has 0 fully saturated rings. The summed E-state index contributed by atoms with van der Waals surface area (Å²) >= 11 is 6.47. The first-order chi connectivity index (χ1) is 15.5. The predicted molar refractivity (Wildman–Crippen MR) is 127 cm³/mol. The first-order valence-electron chi connectivity index (χ1n) is 10.1. The average Bonchev–Trinajstić information content (AvgIpc) is 3.24. The van der Waals surface area contributed by atoms with E-state index in [0.717, 1.165) is 39.1 Å². The van der Waals surface area contributed by atoms with Crippen LogP contribution >= 0.6 is 11.6 Å². The summed E-state index contributed by atoms with van der Waals surface area (Å²) in [5, 5.41) is 5.06. The lowest BCUT2D eigenvalue weighted by molar-refractivity contribution is 0.862. The molecular weight excluding hydrogens is 424 g/mol. The van der Waals surface area contributed by atoms with Crippen molar-refractivity contribution in [1.29, 1.82) is 0 Å². The molecule has 0 aliphatic rings. The first-order valence-corrected chi connectivity index (χ1v) is 10.5. The molecule has 160 valence electrons. The summed E-state index contributed by atoms with van der Waals surface area (Å²) in [7, 11) is 3.89. The standard InChI is InChI=1S/C23H21ClN8/c1-14(29-22-21-18(26-12-27-22)8-5-9-25-21)16-10-15-6-4-7-17(24)20(15)30-23(16)32(3)19-11-31(2)13-28-19/h4-14H,1-3H3,(H,26,27,29)/t14-/m0/s1. The molecule has 0 saturated carbocycles. The Kier molecular flexibility index (Phi) is 5.07. The minimum absolute atomic E-state index is 0.132. The molecule has 1 atom stereocenters. The lowest BCUT2D eigenvalue weighted by atomic mass is 10.1. The van der Waals surface area contributed by atoms with Crippen molar-refractivity contribution in [2.75, 3.05) is 17.3 Å². The molecular formula is C23H21ClN8. The van der Waals surface area contributed by atoms with E-state index in [0.29, 0.717) is 10.8 Å². The number of aromatic nitrogens is 6. The molecule has 0 saturated heterocycles. The van der Waals surface area contributed by atoms with Gasteiger partial charge in [0.05, 0.1) is 28.4 Å². The molecule has 0 spiro atoms. The number of pyridine rings is 2. The van der Waals surface area contributed by atoms with Crippen LogP contribution in [0.4, 0.5) is 17.5 Å². The van der Waals surface area contributed by atoms with E-state index >= 15 is 0 Å². The summed E-state index contributed by atoms with van der Waals surface area (Å²) in [5.74, 6) is 2.21. The molecule has 0 aliphatic heterocycles. The van der Waals surface area contributed by atoms with Gasteiger partial charge in [0.25, 0.3) is 0 Å². The fourth-order valence-electron chi connectivity index (χ4n) is 3.72. The zero-order valence-electron chi connectivity index (χ0n) is 17.9. The van der Waals surface area contributed by atoms with Gasteiger partial charge in [0, 0.05) is 37.4 Å². The molecule has 0 unspecified atom stereocenters. The Morgan fingerprint density at radius 1 is 1.06 bits per heavy atom. The monoisotopic (exact) mass is 444 g/mol. The Morgan fingerprint density at radius 2 is 1.94 bits per heavy atom. The molecule has 0 aliphatic carbocycles. The number of halogens is 1. The van der Waals surface area contributed by atoms with Gasteiger partial charge in [0.15, 0.2) is 11.6 Å². The van der Waals surface area contributed by atoms with Gasteiger partial charge >= 0.3 is 0 Å². The van der Waals surface area contributed by atoms with E-state index < -0.39 is 0 Å². The molecule has 0 bridgehead atoms. The molecule has 5 aromatic rings. The van der Waals surface area contributed by atoms with Gasteiger partial charge in [-0.05, 0) is 31.2 Å². The minimum Gasteiger partial charge on any atom is -0.361 e. The van der Waals surface area contributed by atoms with E-state index in [2.05, 4.69) is 38.2 Å². The molecule has 1 aromatic carbocycles. The van der Waals surface area contributed by atoms with Crippen molar-refractivity contribution >= 4 is 51.0 Å². The molecule has 32 heavy (non-hydrogen) atoms. The average molecular weight is 445 g/mol. The van der Waals surface area contributed by atoms with Crippen molar-refractivity contribution in [2.45, 2.75) is 13.0 Å². The van der Waals surface area contributed by atoms with Gasteiger partial charge in [-0.25, -0.2) is 19.9 Å². The third-order valence-corrected chi connectivity index (χ3v) is 5.68. The topological polar surface area (TPSA) is 84.6 Å². The summed E-state index contributed by atoms with van der Waals surface area (Å²) in [6.45, 7) is 2.07. The van der Waals surface area contributed by atoms with Crippen LogP contribution in [0.25, 0.3) is 21.9 Å². The Labute approximate surface area is 189 Å². The van der Waals surface area contributed by atoms with Crippen LogP contribution in [0.5, 0.6) is 0 Å². The molecule has 4 heterocycles. The van der Waals surface area contributed by atoms with Crippen LogP contribution in [-0.2, 0) is 7.05 Å². The molecule has 0 radical (unpaired) electrons. The number of nitrogens with zero attached hydrogens (tertiary/aromatic N) is 7. The number of hydrogen-bond donors (Lipinski definition) is 1. The van der Waals surface area contributed by atoms with Gasteiger partial charge in [-0.2, -0.15) is 0 Å². The van der Waals surface area contributed by atoms with Gasteiger partial charge in [0.2, 0.25) is 0 Å². The highest BCUT2D eigenvalue weighted by molar-refractivity contribution is 6.35. The van der Waals surface area contributed by atoms with Gasteiger partial charge in [-0.3, -0.25) is 4.98 Å². The number of rotatable bonds is 5. The zero-order valence-corrected chi connectivity index (χ0v) is 18.6. The molecule has 0 amide bonds. The number of benzene rings is 1. The second-order valence-electron chi connectivity index (χ2n) is 7.63. The third kappa shape index (κ3) is 3.58. The quantitative estimate of drug-likeness (QED) is 0.412. The van der Waals surface area contributed by atoms with E-state index in [-0.39, 0.29) is 6.04 Å². The third-order valence-electron chi connectivity index (χ3n) is 5.37. The van der Waals surface area contributed by atoms with Gasteiger partial charge in [-0.1, -0.05) is 23.7 Å². The number of fused-ring (bicyclic) bond motifs is 2. The van der Waals surface area contributed by atoms with Crippen molar-refractivity contribution in [3.05, 3.63) is 72.0 Å². The molecule has 8 nitrogen and oxygen atoms in total. The largest absolute Gasteiger partial charge is 0.361 e. The Morgan fingerprint density at radius 3 is 2.75 bits per heavy atom. The van der Waals surface area contributed by atoms with Crippen molar-refractivity contribution < 1.29 is 0 Å². The van der Waals surface area contributed by atoms with Crippen molar-refractivity contribution in [3.63, 3.8) is 0 Å². The summed E-state index contributed by atoms with van der Waals surface area (Å²) in [6, 6.07) is 11.5. The van der Waals surface area contributed by atoms with Crippen LogP contribution < -0.4 is 10.2 Å². The summed E-state index contributed by atoms with van der Waals surface area (Å²) in [5.41, 5.74) is 3.23. The normalized spacial score (nSPS) is 12.2. The predicted octanol–water partition coefficient (Wildman–Crippen LogP) is 4.90. The van der Waals surface area contributed by atoms with E-state index in [4.69, 9.17) is 16.6 Å². The van der Waals surface area contributed by atoms with Crippen LogP contribution in [0.3, 0.4) is 0 Å². The van der Waals surface area contributed by atoms with Crippen molar-refractivity contribution in [3.8, 4) is 0 Å². The summed E-state index contributed by atoms with van der Waals surface area (Å²) < 4.78 is 1.90. The van der Waals surface area contributed by atoms with Crippen LogP contribution in [0.1, 0.15) is 18.5 Å². The SMILES string of the molecule is C[C@H](Nc1ncnc2cccnc12)c1cc2cccc(Cl)c2nc1N(C)c1cn(C)cn1. The zero-order chi connectivity index (χ0) is 22.2. The Balaban J connectivity index is 1.62. The maximum atomic E-state index is 6.47. The van der Waals surface area contributed by atoms with E-state index in [1.54, 1.807) is 18.9 Å². The number of nitrogens with one attached hydrogen (secondary N) is 1. The van der Waals surface area contributed by atoms with Gasteiger partial charge < -0.3 is 14.8 Å². The molecule has 9 heteroatoms. The fourth-order valence-corrected chi connectivity index (χ4v) is 3.94. The summed E-state index contributed by atoms with van der Waals surface area (Å²) in [4.78, 5) is 24.6. The smallest absolute Gasteiger partial charge is 0.156 e. The highest BCUT2D eigenvalue weighted by Crippen LogP contribution is 2.35. The van der Waals surface area contributed by atoms with Crippen LogP contribution in [0.15, 0.2) is 61.4 Å². The van der Waals surface area contributed by atoms with E-state index in [1.807, 2.05) is 60.1 Å². The summed E-state index contributed by atoms with van der Waals surface area (Å²) in [6.07, 6.45) is 6.99. The highest BCUT2D eigenvalue weighted by Gasteiger charge is 2.21. The van der Waals surface area contributed by atoms with Gasteiger partial charge in [0.1, 0.15) is 17.7 Å². The second-order valence-corrected chi connectivity index (χ2v) is 8.04. The van der Waals surface area contributed by atoms with Crippen molar-refractivity contribution in [2.24, 2.45) is 7.05 Å². The van der Waals surface area contributed by atoms with Crippen molar-refractivity contribution in [1.82, 2.24) is 29.5 Å². The minimum atomic E-state index is -0.132. The van der Waals surface area contributed by atoms with E-state index in [9.17, 15) is 0 Å². The second kappa shape index (κ2) is 8.05. The van der Waals surface area contributed by atoms with Crippen LogP contribution in [0.2, 0.25) is 5.02 Å². The molecule has 5 rings (SSSR count). The molecule has 1 N–H and O–H groups in total. The number of anilines is 3. The van der Waals surface area contributed by atoms with E-state index in [1.165, 1.54) is 0 Å². The fraction of sp³-hybridized carbons (Fsp3) is 0.174. The number of aryl methyl sites for hydroxylation is 1. The first kappa shape index (κ1) is 20.1. The number of para-hydroxylation sites is 1. The number of imidazole rings is 1. The lowest BCUT2D eigenvalue weighted by Crippen LogP contribution is -2.18. The van der Waals surface area contributed by atoms with Crippen LogP contribution in [-0.4, -0.2) is 36.5 Å². The lowest BCUT2D eigenvalue weighted by Gasteiger charge is -2.24. The van der Waals surface area contributed by atoms with Crippen LogP contribution in [0, 0.1) is 0 Å². The highest BCUT2D eigenvalue weighted by atomic mass is 35.5. The molecule has 4 aromatic heterocycles. The maximum Gasteiger partial charge on any atom is 0.156 e. The number of hydrogen-bond acceptors (Lipinski definition) is 7.